The van der Waals surface area contributed by atoms with Crippen LogP contribution < -0.4 is 16.7 Å². The molecule has 1 unspecified atom stereocenters. The minimum Gasteiger partial charge on any atom is -0.394 e. The van der Waals surface area contributed by atoms with E-state index in [1.807, 2.05) is 0 Å². The van der Waals surface area contributed by atoms with Gasteiger partial charge in [0, 0.05) is 0 Å². The van der Waals surface area contributed by atoms with Crippen LogP contribution in [0, 0.1) is 6.92 Å². The molecule has 1 aliphatic rings. The number of hydrogen-bond acceptors (Lipinski definition) is 9. The van der Waals surface area contributed by atoms with Crippen molar-refractivity contribution in [1.82, 2.24) is 9.55 Å². The van der Waals surface area contributed by atoms with E-state index in [0.29, 0.717) is 4.57 Å². The molecule has 0 radical (unpaired) electrons. The lowest BCUT2D eigenvalue weighted by atomic mass is 10.1. The number of hydrogen-bond donors (Lipinski definition) is 6. The molecule has 1 aromatic rings. The van der Waals surface area contributed by atoms with Crippen LogP contribution in [-0.2, 0) is 9.62 Å². The molecule has 4 atom stereocenters. The van der Waals surface area contributed by atoms with Gasteiger partial charge < -0.3 is 14.9 Å². The second-order valence-corrected chi connectivity index (χ2v) is 4.53. The molecule has 0 aromatic carbocycles. The van der Waals surface area contributed by atoms with Crippen molar-refractivity contribution in [3.8, 4) is 0 Å². The molecule has 0 spiro atoms. The van der Waals surface area contributed by atoms with Gasteiger partial charge in [-0.05, 0) is 6.92 Å². The van der Waals surface area contributed by atoms with Crippen LogP contribution in [0.3, 0.4) is 0 Å². The first kappa shape index (κ1) is 15.6. The Balaban J connectivity index is 2.51. The third-order valence-corrected chi connectivity index (χ3v) is 3.34. The van der Waals surface area contributed by atoms with Crippen LogP contribution in [0.25, 0.3) is 0 Å². The summed E-state index contributed by atoms with van der Waals surface area (Å²) in [6.07, 6.45) is -5.44. The van der Waals surface area contributed by atoms with Crippen LogP contribution in [0.5, 0.6) is 0 Å². The molecular formula is C10H15N3O8. The lowest BCUT2D eigenvalue weighted by Gasteiger charge is -2.18. The maximum atomic E-state index is 12.1. The monoisotopic (exact) mass is 305 g/mol. The molecule has 0 bridgehead atoms. The minimum atomic E-state index is -1.56. The van der Waals surface area contributed by atoms with E-state index in [0.717, 1.165) is 0 Å². The molecule has 2 rings (SSSR count). The highest BCUT2D eigenvalue weighted by molar-refractivity contribution is 5.38. The van der Waals surface area contributed by atoms with Crippen LogP contribution in [0.2, 0.25) is 0 Å². The maximum absolute atomic E-state index is 12.1. The van der Waals surface area contributed by atoms with Gasteiger partial charge in [-0.25, -0.2) is 14.2 Å². The average molecular weight is 305 g/mol. The molecule has 118 valence electrons. The van der Waals surface area contributed by atoms with Crippen molar-refractivity contribution in [2.24, 2.45) is 0 Å². The zero-order valence-corrected chi connectivity index (χ0v) is 10.9. The minimum absolute atomic E-state index is 0.0261. The number of aromatic nitrogens is 2. The van der Waals surface area contributed by atoms with Gasteiger partial charge in [0.25, 0.3) is 5.56 Å². The molecule has 0 aliphatic carbocycles. The molecule has 0 saturated carbocycles. The molecule has 2 heterocycles. The number of aliphatic hydroxyl groups excluding tert-OH is 2. The molecule has 0 amide bonds. The summed E-state index contributed by atoms with van der Waals surface area (Å²) in [5.74, 6) is -0.192. The van der Waals surface area contributed by atoms with Gasteiger partial charge in [0.1, 0.15) is 18.0 Å². The highest BCUT2D eigenvalue weighted by atomic mass is 17.1. The van der Waals surface area contributed by atoms with Gasteiger partial charge in [0.2, 0.25) is 0 Å². The smallest absolute Gasteiger partial charge is 0.332 e. The zero-order chi connectivity index (χ0) is 15.7. The van der Waals surface area contributed by atoms with E-state index in [-0.39, 0.29) is 11.4 Å². The number of aliphatic hydroxyl groups is 2. The van der Waals surface area contributed by atoms with E-state index in [2.05, 4.69) is 9.87 Å². The van der Waals surface area contributed by atoms with Gasteiger partial charge in [0.15, 0.2) is 12.3 Å². The van der Waals surface area contributed by atoms with E-state index < -0.39 is 42.4 Å². The van der Waals surface area contributed by atoms with Crippen molar-refractivity contribution in [2.45, 2.75) is 31.5 Å². The molecule has 1 aliphatic heterocycles. The summed E-state index contributed by atoms with van der Waals surface area (Å²) in [4.78, 5) is 30.2. The summed E-state index contributed by atoms with van der Waals surface area (Å²) in [5, 5.41) is 36.6. The molecule has 1 fully saturated rings. The predicted octanol–water partition coefficient (Wildman–Crippen LogP) is -2.25. The van der Waals surface area contributed by atoms with Crippen LogP contribution >= 0.6 is 0 Å². The predicted molar refractivity (Wildman–Crippen MR) is 66.0 cm³/mol. The van der Waals surface area contributed by atoms with Crippen LogP contribution in [0.1, 0.15) is 11.8 Å². The molecule has 11 nitrogen and oxygen atoms in total. The molecule has 11 heteroatoms. The average Bonchev–Trinajstić information content (AvgIpc) is 2.79. The van der Waals surface area contributed by atoms with Crippen LogP contribution in [0.15, 0.2) is 9.59 Å². The third-order valence-electron chi connectivity index (χ3n) is 3.34. The lowest BCUT2D eigenvalue weighted by Crippen LogP contribution is -2.44. The van der Waals surface area contributed by atoms with E-state index in [1.54, 1.807) is 5.48 Å². The summed E-state index contributed by atoms with van der Waals surface area (Å²) in [7, 11) is 0. The first-order chi connectivity index (χ1) is 9.96. The van der Waals surface area contributed by atoms with Gasteiger partial charge in [-0.1, -0.05) is 0 Å². The largest absolute Gasteiger partial charge is 0.394 e. The summed E-state index contributed by atoms with van der Waals surface area (Å²) >= 11 is 0. The first-order valence-corrected chi connectivity index (χ1v) is 5.96. The SMILES string of the molecule is Cc1c(NO)[nH]c(=O)n(C2O[C@H](CO)[C@@H](OO)[C@H]2O)c1=O. The Morgan fingerprint density at radius 3 is 2.62 bits per heavy atom. The lowest BCUT2D eigenvalue weighted by molar-refractivity contribution is -0.300. The number of anilines is 1. The summed E-state index contributed by atoms with van der Waals surface area (Å²) in [6, 6.07) is 0. The highest BCUT2D eigenvalue weighted by Crippen LogP contribution is 2.29. The van der Waals surface area contributed by atoms with Gasteiger partial charge in [-0.2, -0.15) is 0 Å². The first-order valence-electron chi connectivity index (χ1n) is 5.96. The zero-order valence-electron chi connectivity index (χ0n) is 10.9. The second kappa shape index (κ2) is 5.93. The number of H-pyrrole nitrogens is 1. The molecular weight excluding hydrogens is 290 g/mol. The van der Waals surface area contributed by atoms with E-state index in [4.69, 9.17) is 20.3 Å². The Labute approximate surface area is 116 Å². The quantitative estimate of drug-likeness (QED) is 0.266. The fourth-order valence-electron chi connectivity index (χ4n) is 2.19. The Morgan fingerprint density at radius 1 is 1.48 bits per heavy atom. The van der Waals surface area contributed by atoms with Crippen molar-refractivity contribution < 1.29 is 30.3 Å². The maximum Gasteiger partial charge on any atom is 0.332 e. The number of nitrogens with one attached hydrogen (secondary N) is 2. The number of rotatable bonds is 4. The third kappa shape index (κ3) is 2.46. The summed E-state index contributed by atoms with van der Waals surface area (Å²) in [6.45, 7) is 0.735. The fourth-order valence-corrected chi connectivity index (χ4v) is 2.19. The molecule has 21 heavy (non-hydrogen) atoms. The number of ether oxygens (including phenoxy) is 1. The van der Waals surface area contributed by atoms with E-state index >= 15 is 0 Å². The van der Waals surface area contributed by atoms with Crippen molar-refractivity contribution in [1.29, 1.82) is 0 Å². The van der Waals surface area contributed by atoms with E-state index in [9.17, 15) is 14.7 Å². The van der Waals surface area contributed by atoms with Crippen LogP contribution in [0.4, 0.5) is 5.82 Å². The number of aromatic amines is 1. The molecule has 1 aromatic heterocycles. The van der Waals surface area contributed by atoms with Gasteiger partial charge >= 0.3 is 5.69 Å². The van der Waals surface area contributed by atoms with Gasteiger partial charge in [0.05, 0.1) is 12.2 Å². The topological polar surface area (TPSA) is 166 Å². The Bertz CT molecular complexity index is 626. The van der Waals surface area contributed by atoms with Crippen LogP contribution in [-0.4, -0.2) is 55.1 Å². The molecule has 6 N–H and O–H groups in total. The van der Waals surface area contributed by atoms with Gasteiger partial charge in [-0.3, -0.25) is 25.7 Å². The standard InChI is InChI=1S/C10H15N3O8/c1-3-7(12-18)11-10(17)13(8(3)16)9-5(15)6(21-19)4(2-14)20-9/h4-6,9,12,14-15,18-19H,2H2,1H3,(H,11,17)/t4-,5-,6-,9?/m1/s1. The Morgan fingerprint density at radius 2 is 2.14 bits per heavy atom. The van der Waals surface area contributed by atoms with Crippen molar-refractivity contribution in [3.63, 3.8) is 0 Å². The van der Waals surface area contributed by atoms with E-state index in [1.165, 1.54) is 6.92 Å². The van der Waals surface area contributed by atoms with Crippen molar-refractivity contribution >= 4 is 5.82 Å². The normalized spacial score (nSPS) is 28.8. The van der Waals surface area contributed by atoms with Crippen molar-refractivity contribution in [3.05, 3.63) is 26.4 Å². The van der Waals surface area contributed by atoms with Crippen molar-refractivity contribution in [2.75, 3.05) is 12.1 Å². The fraction of sp³-hybridized carbons (Fsp3) is 0.600. The Kier molecular flexibility index (Phi) is 4.41. The number of nitrogens with zero attached hydrogens (tertiary/aromatic N) is 1. The Hall–Kier alpha value is -1.76. The summed E-state index contributed by atoms with van der Waals surface area (Å²) < 4.78 is 5.75. The second-order valence-electron chi connectivity index (χ2n) is 4.53. The molecule has 1 saturated heterocycles. The van der Waals surface area contributed by atoms with Gasteiger partial charge in [-0.15, -0.1) is 0 Å². The highest BCUT2D eigenvalue weighted by Gasteiger charge is 2.47. The summed E-state index contributed by atoms with van der Waals surface area (Å²) in [5.41, 5.74) is -0.139.